The molecule has 0 aliphatic carbocycles. The Kier molecular flexibility index (Phi) is 6.58. The number of carbonyl (C=O) groups excluding carboxylic acids is 1. The number of nitrogens with zero attached hydrogens (tertiary/aromatic N) is 4. The normalized spacial score (nSPS) is 10.7. The van der Waals surface area contributed by atoms with Gasteiger partial charge in [-0.05, 0) is 49.7 Å². The van der Waals surface area contributed by atoms with E-state index < -0.39 is 0 Å². The Bertz CT molecular complexity index is 1300. The smallest absolute Gasteiger partial charge is 0.267 e. The summed E-state index contributed by atoms with van der Waals surface area (Å²) in [6.07, 6.45) is 1.56. The van der Waals surface area contributed by atoms with Gasteiger partial charge in [0.25, 0.3) is 5.56 Å². The lowest BCUT2D eigenvalue weighted by Gasteiger charge is -2.10. The number of nitrogens with one attached hydrogen (secondary N) is 1. The molecule has 9 heteroatoms. The van der Waals surface area contributed by atoms with Crippen molar-refractivity contribution in [1.82, 2.24) is 25.3 Å². The molecule has 0 atom stereocenters. The van der Waals surface area contributed by atoms with Gasteiger partial charge in [-0.2, -0.15) is 5.10 Å². The van der Waals surface area contributed by atoms with E-state index in [0.717, 1.165) is 21.4 Å². The van der Waals surface area contributed by atoms with Crippen LogP contribution in [0, 0.1) is 13.8 Å². The van der Waals surface area contributed by atoms with E-state index >= 15 is 0 Å². The van der Waals surface area contributed by atoms with Crippen molar-refractivity contribution < 1.29 is 13.9 Å². The van der Waals surface area contributed by atoms with Gasteiger partial charge in [0.05, 0.1) is 18.5 Å². The van der Waals surface area contributed by atoms with Crippen LogP contribution in [0.1, 0.15) is 11.1 Å². The summed E-state index contributed by atoms with van der Waals surface area (Å²) < 4.78 is 11.9. The lowest BCUT2D eigenvalue weighted by Crippen LogP contribution is -2.35. The van der Waals surface area contributed by atoms with E-state index in [-0.39, 0.29) is 31.2 Å². The molecule has 168 valence electrons. The molecule has 0 aliphatic rings. The minimum absolute atomic E-state index is 0.185. The largest absolute Gasteiger partial charge is 0.475 e. The van der Waals surface area contributed by atoms with Crippen molar-refractivity contribution in [3.8, 4) is 28.6 Å². The van der Waals surface area contributed by atoms with E-state index in [9.17, 15) is 9.59 Å². The zero-order valence-corrected chi connectivity index (χ0v) is 18.3. The molecule has 3 aromatic heterocycles. The van der Waals surface area contributed by atoms with E-state index in [1.54, 1.807) is 36.6 Å². The third kappa shape index (κ3) is 5.51. The van der Waals surface area contributed by atoms with Crippen LogP contribution in [0.25, 0.3) is 22.7 Å². The van der Waals surface area contributed by atoms with Gasteiger partial charge in [-0.25, -0.2) is 4.68 Å². The summed E-state index contributed by atoms with van der Waals surface area (Å²) in [6.45, 7) is 4.23. The number of carbonyl (C=O) groups is 1. The van der Waals surface area contributed by atoms with Crippen LogP contribution in [0.15, 0.2) is 70.1 Å². The first-order valence-corrected chi connectivity index (χ1v) is 10.4. The number of amides is 1. The maximum atomic E-state index is 12.3. The molecular weight excluding hydrogens is 422 g/mol. The highest BCUT2D eigenvalue weighted by Gasteiger charge is 2.10. The first-order chi connectivity index (χ1) is 16.0. The lowest BCUT2D eigenvalue weighted by atomic mass is 10.0. The first kappa shape index (κ1) is 21.9. The molecular formula is C24H23N5O4. The second-order valence-corrected chi connectivity index (χ2v) is 7.47. The molecule has 0 bridgehead atoms. The number of rotatable bonds is 8. The highest BCUT2D eigenvalue weighted by molar-refractivity contribution is 5.75. The highest BCUT2D eigenvalue weighted by atomic mass is 16.5. The number of aryl methyl sites for hydroxylation is 2. The monoisotopic (exact) mass is 445 g/mol. The summed E-state index contributed by atoms with van der Waals surface area (Å²) in [7, 11) is 0. The van der Waals surface area contributed by atoms with Crippen LogP contribution in [-0.4, -0.2) is 39.0 Å². The zero-order chi connectivity index (χ0) is 23.2. The van der Waals surface area contributed by atoms with Crippen LogP contribution in [0.4, 0.5) is 0 Å². The maximum Gasteiger partial charge on any atom is 0.267 e. The topological polar surface area (TPSA) is 112 Å². The predicted molar refractivity (Wildman–Crippen MR) is 122 cm³/mol. The number of hydrogen-bond acceptors (Lipinski definition) is 7. The Hall–Kier alpha value is -4.27. The lowest BCUT2D eigenvalue weighted by molar-refractivity contribution is -0.122. The second-order valence-electron chi connectivity index (χ2n) is 7.47. The third-order valence-electron chi connectivity index (χ3n) is 4.92. The minimum atomic E-state index is -0.345. The first-order valence-electron chi connectivity index (χ1n) is 10.4. The fourth-order valence-corrected chi connectivity index (χ4v) is 3.21. The van der Waals surface area contributed by atoms with E-state index in [0.29, 0.717) is 23.0 Å². The van der Waals surface area contributed by atoms with E-state index in [1.807, 2.05) is 32.0 Å². The van der Waals surface area contributed by atoms with Gasteiger partial charge >= 0.3 is 0 Å². The number of aromatic nitrogens is 4. The average Bonchev–Trinajstić information content (AvgIpc) is 3.35. The Morgan fingerprint density at radius 2 is 1.91 bits per heavy atom. The minimum Gasteiger partial charge on any atom is -0.475 e. The molecule has 0 radical (unpaired) electrons. The molecule has 9 nitrogen and oxygen atoms in total. The average molecular weight is 445 g/mol. The van der Waals surface area contributed by atoms with Gasteiger partial charge in [-0.1, -0.05) is 17.7 Å². The van der Waals surface area contributed by atoms with Gasteiger partial charge in [-0.15, -0.1) is 10.2 Å². The standard InChI is InChI=1S/C24H23N5O4/c1-16-5-6-17(2)18(14-16)19-8-10-24(31)29(28-19)15-22(30)25-11-13-33-23-9-7-20(26-27-23)21-4-3-12-32-21/h3-10,12,14H,11,13,15H2,1-2H3,(H,25,30). The fourth-order valence-electron chi connectivity index (χ4n) is 3.21. The summed E-state index contributed by atoms with van der Waals surface area (Å²) in [5.41, 5.74) is 3.96. The molecule has 1 N–H and O–H groups in total. The Labute approximate surface area is 190 Å². The summed E-state index contributed by atoms with van der Waals surface area (Å²) in [5.74, 6) is 0.607. The summed E-state index contributed by atoms with van der Waals surface area (Å²) in [5, 5.41) is 15.1. The molecule has 3 heterocycles. The summed E-state index contributed by atoms with van der Waals surface area (Å²) in [6, 6.07) is 16.1. The van der Waals surface area contributed by atoms with Gasteiger partial charge in [0, 0.05) is 17.7 Å². The summed E-state index contributed by atoms with van der Waals surface area (Å²) in [4.78, 5) is 24.5. The van der Waals surface area contributed by atoms with Crippen molar-refractivity contribution >= 4 is 5.91 Å². The zero-order valence-electron chi connectivity index (χ0n) is 18.3. The number of furan rings is 1. The molecule has 1 amide bonds. The Morgan fingerprint density at radius 1 is 1.06 bits per heavy atom. The molecule has 0 unspecified atom stereocenters. The van der Waals surface area contributed by atoms with Crippen molar-refractivity contribution in [1.29, 1.82) is 0 Å². The molecule has 33 heavy (non-hydrogen) atoms. The molecule has 0 aliphatic heterocycles. The molecule has 0 spiro atoms. The Balaban J connectivity index is 1.30. The van der Waals surface area contributed by atoms with E-state index in [2.05, 4.69) is 20.6 Å². The summed E-state index contributed by atoms with van der Waals surface area (Å²) >= 11 is 0. The second kappa shape index (κ2) is 9.90. The van der Waals surface area contributed by atoms with Crippen molar-refractivity contribution in [2.45, 2.75) is 20.4 Å². The number of benzene rings is 1. The molecule has 0 fully saturated rings. The van der Waals surface area contributed by atoms with Crippen LogP contribution in [0.2, 0.25) is 0 Å². The number of hydrogen-bond donors (Lipinski definition) is 1. The van der Waals surface area contributed by atoms with Crippen LogP contribution in [0.3, 0.4) is 0 Å². The van der Waals surface area contributed by atoms with Gasteiger partial charge in [-0.3, -0.25) is 9.59 Å². The van der Waals surface area contributed by atoms with Gasteiger partial charge in [0.2, 0.25) is 11.8 Å². The van der Waals surface area contributed by atoms with Crippen molar-refractivity contribution in [2.75, 3.05) is 13.2 Å². The van der Waals surface area contributed by atoms with Crippen molar-refractivity contribution in [2.24, 2.45) is 0 Å². The molecule has 4 rings (SSSR count). The van der Waals surface area contributed by atoms with Gasteiger partial charge in [0.15, 0.2) is 5.76 Å². The quantitative estimate of drug-likeness (QED) is 0.415. The van der Waals surface area contributed by atoms with E-state index in [1.165, 1.54) is 6.07 Å². The van der Waals surface area contributed by atoms with Crippen LogP contribution >= 0.6 is 0 Å². The third-order valence-corrected chi connectivity index (χ3v) is 4.92. The molecule has 4 aromatic rings. The fraction of sp³-hybridized carbons (Fsp3) is 0.208. The van der Waals surface area contributed by atoms with Crippen LogP contribution < -0.4 is 15.6 Å². The van der Waals surface area contributed by atoms with Crippen molar-refractivity contribution in [3.05, 3.63) is 82.3 Å². The van der Waals surface area contributed by atoms with Crippen LogP contribution in [0.5, 0.6) is 5.88 Å². The van der Waals surface area contributed by atoms with E-state index in [4.69, 9.17) is 9.15 Å². The maximum absolute atomic E-state index is 12.3. The predicted octanol–water partition coefficient (Wildman–Crippen LogP) is 2.77. The molecule has 0 saturated carbocycles. The Morgan fingerprint density at radius 3 is 2.67 bits per heavy atom. The van der Waals surface area contributed by atoms with Gasteiger partial charge < -0.3 is 14.5 Å². The van der Waals surface area contributed by atoms with Crippen molar-refractivity contribution in [3.63, 3.8) is 0 Å². The van der Waals surface area contributed by atoms with Gasteiger partial charge in [0.1, 0.15) is 18.8 Å². The number of ether oxygens (including phenoxy) is 1. The highest BCUT2D eigenvalue weighted by Crippen LogP contribution is 2.21. The molecule has 1 aromatic carbocycles. The SMILES string of the molecule is Cc1ccc(C)c(-c2ccc(=O)n(CC(=O)NCCOc3ccc(-c4ccco4)nn3)n2)c1. The van der Waals surface area contributed by atoms with Crippen LogP contribution in [-0.2, 0) is 11.3 Å². The molecule has 0 saturated heterocycles.